The summed E-state index contributed by atoms with van der Waals surface area (Å²) in [5.41, 5.74) is 7.72. The van der Waals surface area contributed by atoms with Crippen molar-refractivity contribution < 1.29 is 4.79 Å². The molecular formula is C17H21N7O. The maximum Gasteiger partial charge on any atom is 0.240 e. The van der Waals surface area contributed by atoms with E-state index in [-0.39, 0.29) is 11.9 Å². The first kappa shape index (κ1) is 18.2. The number of hydrogen-bond donors (Lipinski definition) is 3. The highest BCUT2D eigenvalue weighted by atomic mass is 16.2. The fraction of sp³-hybridized carbons (Fsp3) is 0.412. The number of carbonyl (C=O) groups is 1. The Morgan fingerprint density at radius 1 is 1.44 bits per heavy atom. The monoisotopic (exact) mass is 339 g/mol. The van der Waals surface area contributed by atoms with Crippen LogP contribution in [0.4, 0.5) is 5.69 Å². The number of hydrogen-bond acceptors (Lipinski definition) is 5. The van der Waals surface area contributed by atoms with Crippen LogP contribution in [0.25, 0.3) is 0 Å². The number of carbonyl (C=O) groups excluding carboxylic acids is 1. The van der Waals surface area contributed by atoms with Crippen molar-refractivity contribution in [1.82, 2.24) is 10.2 Å². The van der Waals surface area contributed by atoms with Crippen molar-refractivity contribution in [2.24, 2.45) is 10.7 Å². The van der Waals surface area contributed by atoms with Crippen LogP contribution in [0, 0.1) is 22.8 Å². The summed E-state index contributed by atoms with van der Waals surface area (Å²) in [6.07, 6.45) is 3.67. The Balaban J connectivity index is 1.96. The predicted octanol–water partition coefficient (Wildman–Crippen LogP) is 0.539. The molecule has 1 saturated heterocycles. The number of likely N-dealkylation sites (tertiary alicyclic amines) is 1. The molecule has 1 amide bonds. The number of nitrogens with zero attached hydrogens (tertiary/aromatic N) is 4. The van der Waals surface area contributed by atoms with Crippen LogP contribution in [0.5, 0.6) is 0 Å². The molecule has 8 heteroatoms. The molecule has 0 bridgehead atoms. The largest absolute Gasteiger partial charge is 0.358 e. The molecule has 1 aromatic carbocycles. The number of anilines is 1. The van der Waals surface area contributed by atoms with E-state index >= 15 is 0 Å². The molecule has 1 fully saturated rings. The van der Waals surface area contributed by atoms with Gasteiger partial charge in [-0.1, -0.05) is 12.1 Å². The molecular weight excluding hydrogens is 318 g/mol. The molecule has 130 valence electrons. The summed E-state index contributed by atoms with van der Waals surface area (Å²) in [6, 6.07) is 8.51. The number of amides is 1. The molecule has 0 aliphatic carbocycles. The Labute approximate surface area is 146 Å². The molecule has 4 N–H and O–H groups in total. The minimum Gasteiger partial charge on any atom is -0.358 e. The van der Waals surface area contributed by atoms with Crippen molar-refractivity contribution in [3.05, 3.63) is 29.8 Å². The number of nitrogens with two attached hydrogens (primary N) is 1. The Bertz CT molecular complexity index is 714. The van der Waals surface area contributed by atoms with Crippen LogP contribution in [0.1, 0.15) is 18.4 Å². The summed E-state index contributed by atoms with van der Waals surface area (Å²) in [7, 11) is 1.66. The minimum absolute atomic E-state index is 0.176. The van der Waals surface area contributed by atoms with E-state index in [2.05, 4.69) is 21.7 Å². The zero-order valence-electron chi connectivity index (χ0n) is 14.1. The van der Waals surface area contributed by atoms with Crippen LogP contribution in [-0.2, 0) is 11.2 Å². The van der Waals surface area contributed by atoms with Gasteiger partial charge in [-0.25, -0.2) is 0 Å². The molecule has 0 radical (unpaired) electrons. The number of nitriles is 2. The Kier molecular flexibility index (Phi) is 6.33. The van der Waals surface area contributed by atoms with E-state index in [1.807, 2.05) is 24.3 Å². The Morgan fingerprint density at radius 3 is 2.76 bits per heavy atom. The summed E-state index contributed by atoms with van der Waals surface area (Å²) in [4.78, 5) is 17.6. The van der Waals surface area contributed by atoms with E-state index in [0.717, 1.165) is 17.7 Å². The lowest BCUT2D eigenvalue weighted by atomic mass is 10.0. The molecule has 0 spiro atoms. The SMILES string of the molecule is CN/C(=N/C#N)Nc1ccc(C[C@H](N)C(=O)N2CCC[C@H]2C#N)cc1. The summed E-state index contributed by atoms with van der Waals surface area (Å²) < 4.78 is 0. The lowest BCUT2D eigenvalue weighted by Gasteiger charge is -2.23. The number of nitrogens with one attached hydrogen (secondary N) is 2. The second-order valence-corrected chi connectivity index (χ2v) is 5.76. The summed E-state index contributed by atoms with van der Waals surface area (Å²) in [5, 5.41) is 23.4. The molecule has 0 unspecified atom stereocenters. The summed E-state index contributed by atoms with van der Waals surface area (Å²) in [5.74, 6) is 0.170. The highest BCUT2D eigenvalue weighted by molar-refractivity contribution is 5.94. The minimum atomic E-state index is -0.666. The highest BCUT2D eigenvalue weighted by Crippen LogP contribution is 2.18. The zero-order chi connectivity index (χ0) is 18.2. The van der Waals surface area contributed by atoms with Gasteiger partial charge >= 0.3 is 0 Å². The molecule has 1 aliphatic heterocycles. The van der Waals surface area contributed by atoms with Crippen molar-refractivity contribution in [2.45, 2.75) is 31.3 Å². The lowest BCUT2D eigenvalue weighted by Crippen LogP contribution is -2.46. The number of aliphatic imine (C=N–C) groups is 1. The second kappa shape index (κ2) is 8.67. The number of rotatable bonds is 4. The maximum absolute atomic E-state index is 12.4. The van der Waals surface area contributed by atoms with Crippen LogP contribution in [-0.4, -0.2) is 42.4 Å². The van der Waals surface area contributed by atoms with Gasteiger partial charge in [0.15, 0.2) is 0 Å². The maximum atomic E-state index is 12.4. The Hall–Kier alpha value is -3.10. The molecule has 1 heterocycles. The third-order valence-corrected chi connectivity index (χ3v) is 4.07. The molecule has 8 nitrogen and oxygen atoms in total. The average Bonchev–Trinajstić information content (AvgIpc) is 3.10. The molecule has 0 aromatic heterocycles. The summed E-state index contributed by atoms with van der Waals surface area (Å²) in [6.45, 7) is 0.596. The van der Waals surface area contributed by atoms with Crippen LogP contribution in [0.15, 0.2) is 29.3 Å². The quantitative estimate of drug-likeness (QED) is 0.417. The van der Waals surface area contributed by atoms with Gasteiger partial charge in [0.1, 0.15) is 6.04 Å². The van der Waals surface area contributed by atoms with E-state index in [0.29, 0.717) is 25.3 Å². The van der Waals surface area contributed by atoms with Crippen LogP contribution in [0.3, 0.4) is 0 Å². The first-order valence-corrected chi connectivity index (χ1v) is 8.05. The van der Waals surface area contributed by atoms with Gasteiger partial charge in [0.25, 0.3) is 0 Å². The van der Waals surface area contributed by atoms with E-state index in [1.165, 1.54) is 0 Å². The first-order valence-electron chi connectivity index (χ1n) is 8.05. The van der Waals surface area contributed by atoms with E-state index in [1.54, 1.807) is 18.1 Å². The van der Waals surface area contributed by atoms with Crippen molar-refractivity contribution in [1.29, 1.82) is 10.5 Å². The van der Waals surface area contributed by atoms with Gasteiger partial charge in [0.2, 0.25) is 18.1 Å². The average molecular weight is 339 g/mol. The zero-order valence-corrected chi connectivity index (χ0v) is 14.1. The normalized spacial score (nSPS) is 18.2. The highest BCUT2D eigenvalue weighted by Gasteiger charge is 2.31. The third-order valence-electron chi connectivity index (χ3n) is 4.07. The van der Waals surface area contributed by atoms with Crippen molar-refractivity contribution >= 4 is 17.6 Å². The second-order valence-electron chi connectivity index (χ2n) is 5.76. The molecule has 0 saturated carbocycles. The van der Waals surface area contributed by atoms with Gasteiger partial charge in [-0.05, 0) is 37.0 Å². The molecule has 2 rings (SSSR count). The van der Waals surface area contributed by atoms with E-state index < -0.39 is 6.04 Å². The fourth-order valence-electron chi connectivity index (χ4n) is 2.78. The van der Waals surface area contributed by atoms with Gasteiger partial charge in [-0.3, -0.25) is 4.79 Å². The van der Waals surface area contributed by atoms with Crippen molar-refractivity contribution in [3.8, 4) is 12.3 Å². The molecule has 1 aromatic rings. The topological polar surface area (TPSA) is 130 Å². The smallest absolute Gasteiger partial charge is 0.240 e. The van der Waals surface area contributed by atoms with Gasteiger partial charge < -0.3 is 21.3 Å². The van der Waals surface area contributed by atoms with Gasteiger partial charge in [0, 0.05) is 19.3 Å². The lowest BCUT2D eigenvalue weighted by molar-refractivity contribution is -0.132. The first-order chi connectivity index (χ1) is 12.1. The van der Waals surface area contributed by atoms with Crippen molar-refractivity contribution in [3.63, 3.8) is 0 Å². The Morgan fingerprint density at radius 2 is 2.16 bits per heavy atom. The van der Waals surface area contributed by atoms with E-state index in [9.17, 15) is 4.79 Å². The van der Waals surface area contributed by atoms with Crippen molar-refractivity contribution in [2.75, 3.05) is 18.9 Å². The van der Waals surface area contributed by atoms with Crippen LogP contribution < -0.4 is 16.4 Å². The van der Waals surface area contributed by atoms with Gasteiger partial charge in [0.05, 0.1) is 12.1 Å². The van der Waals surface area contributed by atoms with Crippen LogP contribution in [0.2, 0.25) is 0 Å². The van der Waals surface area contributed by atoms with E-state index in [4.69, 9.17) is 16.3 Å². The fourth-order valence-corrected chi connectivity index (χ4v) is 2.78. The number of guanidine groups is 1. The van der Waals surface area contributed by atoms with Gasteiger partial charge in [-0.15, -0.1) is 4.99 Å². The molecule has 25 heavy (non-hydrogen) atoms. The third kappa shape index (κ3) is 4.69. The number of benzene rings is 1. The molecule has 2 atom stereocenters. The van der Waals surface area contributed by atoms with Crippen LogP contribution >= 0.6 is 0 Å². The van der Waals surface area contributed by atoms with Gasteiger partial charge in [-0.2, -0.15) is 10.5 Å². The standard InChI is InChI=1S/C17H21N7O/c1-21-17(22-11-19)23-13-6-4-12(5-7-13)9-15(20)16(25)24-8-2-3-14(24)10-18/h4-7,14-15H,2-3,8-9,20H2,1H3,(H2,21,22,23)/t14-,15-/m0/s1. The molecule has 1 aliphatic rings. The summed E-state index contributed by atoms with van der Waals surface area (Å²) >= 11 is 0. The predicted molar refractivity (Wildman–Crippen MR) is 94.2 cm³/mol.